The van der Waals surface area contributed by atoms with E-state index in [-0.39, 0.29) is 5.91 Å². The maximum Gasteiger partial charge on any atom is 0.248 e. The van der Waals surface area contributed by atoms with Gasteiger partial charge < -0.3 is 11.1 Å². The lowest BCUT2D eigenvalue weighted by Crippen LogP contribution is -2.23. The molecule has 0 unspecified atom stereocenters. The number of carbonyl (C=O) groups is 2. The monoisotopic (exact) mass is 388 g/mol. The third-order valence-electron chi connectivity index (χ3n) is 3.97. The summed E-state index contributed by atoms with van der Waals surface area (Å²) in [5.41, 5.74) is 8.20. The Bertz CT molecular complexity index is 856. The second kappa shape index (κ2) is 9.37. The van der Waals surface area contributed by atoms with Crippen LogP contribution in [0.25, 0.3) is 6.08 Å². The summed E-state index contributed by atoms with van der Waals surface area (Å²) in [4.78, 5) is 23.2. The molecule has 0 atom stereocenters. The van der Waals surface area contributed by atoms with Crippen LogP contribution in [0.4, 0.5) is 0 Å². The topological polar surface area (TPSA) is 90.0 Å². The summed E-state index contributed by atoms with van der Waals surface area (Å²) in [6.07, 6.45) is 3.74. The largest absolute Gasteiger partial charge is 0.366 e. The minimum Gasteiger partial charge on any atom is -0.366 e. The highest BCUT2D eigenvalue weighted by Gasteiger charge is 2.12. The number of primary amides is 1. The molecule has 0 aliphatic rings. The van der Waals surface area contributed by atoms with Gasteiger partial charge in [0, 0.05) is 30.3 Å². The minimum atomic E-state index is -0.464. The van der Waals surface area contributed by atoms with Crippen LogP contribution in [0.3, 0.4) is 0 Å². The summed E-state index contributed by atoms with van der Waals surface area (Å²) in [5, 5.41) is 7.77. The first kappa shape index (κ1) is 20.7. The number of rotatable bonds is 8. The van der Waals surface area contributed by atoms with Crippen molar-refractivity contribution in [2.24, 2.45) is 11.7 Å². The van der Waals surface area contributed by atoms with Gasteiger partial charge in [-0.25, -0.2) is 0 Å². The Labute approximate surface area is 164 Å². The molecule has 3 N–H and O–H groups in total. The maximum atomic E-state index is 12.0. The lowest BCUT2D eigenvalue weighted by atomic mass is 10.1. The van der Waals surface area contributed by atoms with Gasteiger partial charge in [-0.05, 0) is 43.0 Å². The Morgan fingerprint density at radius 3 is 2.78 bits per heavy atom. The van der Waals surface area contributed by atoms with Crippen molar-refractivity contribution in [2.75, 3.05) is 6.54 Å². The zero-order valence-corrected chi connectivity index (χ0v) is 16.6. The van der Waals surface area contributed by atoms with Gasteiger partial charge in [0.05, 0.1) is 5.69 Å². The Hall–Kier alpha value is -2.60. The molecule has 0 saturated heterocycles. The van der Waals surface area contributed by atoms with E-state index in [4.69, 9.17) is 17.3 Å². The van der Waals surface area contributed by atoms with Crippen LogP contribution in [0.5, 0.6) is 0 Å². The van der Waals surface area contributed by atoms with Crippen molar-refractivity contribution >= 4 is 29.5 Å². The number of nitrogens with one attached hydrogen (secondary N) is 1. The second-order valence-electron chi connectivity index (χ2n) is 6.80. The lowest BCUT2D eigenvalue weighted by Gasteiger charge is -2.05. The predicted molar refractivity (Wildman–Crippen MR) is 108 cm³/mol. The molecule has 2 rings (SSSR count). The summed E-state index contributed by atoms with van der Waals surface area (Å²) < 4.78 is 1.75. The molecule has 0 fully saturated rings. The van der Waals surface area contributed by atoms with Gasteiger partial charge in [0.15, 0.2) is 0 Å². The van der Waals surface area contributed by atoms with E-state index >= 15 is 0 Å². The average Bonchev–Trinajstić information content (AvgIpc) is 2.86. The van der Waals surface area contributed by atoms with Crippen LogP contribution in [-0.2, 0) is 17.8 Å². The van der Waals surface area contributed by atoms with Gasteiger partial charge in [0.25, 0.3) is 0 Å². The molecule has 144 valence electrons. The molecule has 1 aromatic carbocycles. The van der Waals surface area contributed by atoms with E-state index in [2.05, 4.69) is 24.3 Å². The maximum absolute atomic E-state index is 12.0. The Balaban J connectivity index is 1.91. The van der Waals surface area contributed by atoms with Gasteiger partial charge >= 0.3 is 0 Å². The van der Waals surface area contributed by atoms with Crippen LogP contribution in [-0.4, -0.2) is 28.1 Å². The van der Waals surface area contributed by atoms with Crippen molar-refractivity contribution in [1.29, 1.82) is 0 Å². The van der Waals surface area contributed by atoms with Crippen molar-refractivity contribution in [3.63, 3.8) is 0 Å². The van der Waals surface area contributed by atoms with Crippen LogP contribution in [0.2, 0.25) is 5.15 Å². The molecule has 0 radical (unpaired) electrons. The van der Waals surface area contributed by atoms with Crippen molar-refractivity contribution in [3.05, 3.63) is 57.9 Å². The van der Waals surface area contributed by atoms with Crippen LogP contribution in [0.15, 0.2) is 30.3 Å². The van der Waals surface area contributed by atoms with Gasteiger partial charge in [0.1, 0.15) is 5.15 Å². The first-order valence-electron chi connectivity index (χ1n) is 8.85. The molecule has 7 heteroatoms. The van der Waals surface area contributed by atoms with E-state index in [1.807, 2.05) is 13.0 Å². The minimum absolute atomic E-state index is 0.215. The second-order valence-corrected chi connectivity index (χ2v) is 7.16. The van der Waals surface area contributed by atoms with E-state index in [1.54, 1.807) is 29.0 Å². The summed E-state index contributed by atoms with van der Waals surface area (Å²) in [5.74, 6) is -0.253. The van der Waals surface area contributed by atoms with E-state index in [9.17, 15) is 9.59 Å². The SMILES string of the molecule is Cc1nn(CC(C)C)c(Cl)c1/C=C/C(=O)NCCc1cccc(C(N)=O)c1. The van der Waals surface area contributed by atoms with Crippen LogP contribution in [0, 0.1) is 12.8 Å². The molecule has 0 bridgehead atoms. The molecular formula is C20H25ClN4O2. The summed E-state index contributed by atoms with van der Waals surface area (Å²) in [7, 11) is 0. The van der Waals surface area contributed by atoms with Gasteiger partial charge in [-0.2, -0.15) is 5.10 Å². The van der Waals surface area contributed by atoms with Crippen molar-refractivity contribution in [3.8, 4) is 0 Å². The highest BCUT2D eigenvalue weighted by molar-refractivity contribution is 6.31. The number of carbonyl (C=O) groups excluding carboxylic acids is 2. The number of nitrogens with zero attached hydrogens (tertiary/aromatic N) is 2. The quantitative estimate of drug-likeness (QED) is 0.681. The van der Waals surface area contributed by atoms with Gasteiger partial charge in [-0.15, -0.1) is 0 Å². The first-order chi connectivity index (χ1) is 12.8. The standard InChI is InChI=1S/C20H25ClN4O2/c1-13(2)12-25-19(21)17(14(3)24-25)7-8-18(26)23-10-9-15-5-4-6-16(11-15)20(22)27/h4-8,11,13H,9-10,12H2,1-3H3,(H2,22,27)(H,23,26)/b8-7+. The molecule has 2 aromatic rings. The third-order valence-corrected chi connectivity index (χ3v) is 4.37. The number of hydrogen-bond donors (Lipinski definition) is 2. The smallest absolute Gasteiger partial charge is 0.248 e. The summed E-state index contributed by atoms with van der Waals surface area (Å²) in [6.45, 7) is 7.23. The number of hydrogen-bond acceptors (Lipinski definition) is 3. The first-order valence-corrected chi connectivity index (χ1v) is 9.23. The predicted octanol–water partition coefficient (Wildman–Crippen LogP) is 2.97. The third kappa shape index (κ3) is 5.96. The number of benzene rings is 1. The van der Waals surface area contributed by atoms with Gasteiger partial charge in [0.2, 0.25) is 11.8 Å². The molecular weight excluding hydrogens is 364 g/mol. The molecule has 0 aliphatic heterocycles. The van der Waals surface area contributed by atoms with Crippen molar-refractivity contribution < 1.29 is 9.59 Å². The number of halogens is 1. The number of aryl methyl sites for hydroxylation is 1. The number of amides is 2. The molecule has 6 nitrogen and oxygen atoms in total. The molecule has 0 spiro atoms. The van der Waals surface area contributed by atoms with E-state index < -0.39 is 5.91 Å². The zero-order valence-electron chi connectivity index (χ0n) is 15.8. The van der Waals surface area contributed by atoms with Crippen LogP contribution >= 0.6 is 11.6 Å². The summed E-state index contributed by atoms with van der Waals surface area (Å²) in [6, 6.07) is 7.06. The number of nitrogens with two attached hydrogens (primary N) is 1. The summed E-state index contributed by atoms with van der Waals surface area (Å²) >= 11 is 6.36. The zero-order chi connectivity index (χ0) is 20.0. The molecule has 2 amide bonds. The fraction of sp³-hybridized carbons (Fsp3) is 0.350. The van der Waals surface area contributed by atoms with E-state index in [1.165, 1.54) is 6.08 Å². The van der Waals surface area contributed by atoms with Crippen molar-refractivity contribution in [1.82, 2.24) is 15.1 Å². The van der Waals surface area contributed by atoms with E-state index in [0.29, 0.717) is 29.6 Å². The average molecular weight is 389 g/mol. The van der Waals surface area contributed by atoms with Crippen LogP contribution in [0.1, 0.15) is 41.0 Å². The fourth-order valence-corrected chi connectivity index (χ4v) is 2.96. The highest BCUT2D eigenvalue weighted by Crippen LogP contribution is 2.22. The number of aromatic nitrogens is 2. The Morgan fingerprint density at radius 2 is 2.11 bits per heavy atom. The van der Waals surface area contributed by atoms with Crippen LogP contribution < -0.4 is 11.1 Å². The molecule has 27 heavy (non-hydrogen) atoms. The Kier molecular flexibility index (Phi) is 7.19. The highest BCUT2D eigenvalue weighted by atomic mass is 35.5. The molecule has 0 aliphatic carbocycles. The lowest BCUT2D eigenvalue weighted by molar-refractivity contribution is -0.116. The normalized spacial score (nSPS) is 11.3. The van der Waals surface area contributed by atoms with Gasteiger partial charge in [-0.1, -0.05) is 37.6 Å². The van der Waals surface area contributed by atoms with Gasteiger partial charge in [-0.3, -0.25) is 14.3 Å². The van der Waals surface area contributed by atoms with E-state index in [0.717, 1.165) is 23.4 Å². The molecule has 1 aromatic heterocycles. The molecule has 1 heterocycles. The Morgan fingerprint density at radius 1 is 1.37 bits per heavy atom. The van der Waals surface area contributed by atoms with Crippen molar-refractivity contribution in [2.45, 2.75) is 33.7 Å². The fourth-order valence-electron chi connectivity index (χ4n) is 2.65. The molecule has 0 saturated carbocycles.